The minimum atomic E-state index is -1.38. The first-order valence-electron chi connectivity index (χ1n) is 2.70. The second-order valence-corrected chi connectivity index (χ2v) is 1.79. The van der Waals surface area contributed by atoms with E-state index < -0.39 is 11.7 Å². The van der Waals surface area contributed by atoms with Crippen LogP contribution in [0.15, 0.2) is 12.4 Å². The molecular formula is C5H5N3O3. The number of nitrogen functional groups attached to an aromatic ring is 1. The molecule has 0 aliphatic heterocycles. The molecule has 6 heteroatoms. The molecular weight excluding hydrogens is 150 g/mol. The third-order valence-electron chi connectivity index (χ3n) is 1.08. The number of nitrogens with zero attached hydrogens (tertiary/aromatic N) is 2. The third-order valence-corrected chi connectivity index (χ3v) is 1.08. The number of hydrogen-bond acceptors (Lipinski definition) is 4. The van der Waals surface area contributed by atoms with Crippen LogP contribution < -0.4 is 10.5 Å². The van der Waals surface area contributed by atoms with Gasteiger partial charge in [0.15, 0.2) is 6.20 Å². The van der Waals surface area contributed by atoms with Gasteiger partial charge in [0.25, 0.3) is 0 Å². The van der Waals surface area contributed by atoms with Gasteiger partial charge >= 0.3 is 11.7 Å². The van der Waals surface area contributed by atoms with Crippen LogP contribution in [0, 0.1) is 5.21 Å². The highest BCUT2D eigenvalue weighted by Gasteiger charge is 2.19. The van der Waals surface area contributed by atoms with E-state index in [2.05, 4.69) is 4.98 Å². The van der Waals surface area contributed by atoms with Gasteiger partial charge in [0.05, 0.1) is 6.20 Å². The topological polar surface area (TPSA) is 103 Å². The summed E-state index contributed by atoms with van der Waals surface area (Å²) >= 11 is 0. The lowest BCUT2D eigenvalue weighted by Gasteiger charge is -1.99. The summed E-state index contributed by atoms with van der Waals surface area (Å²) in [7, 11) is 0. The highest BCUT2D eigenvalue weighted by Crippen LogP contribution is 1.99. The molecule has 0 fully saturated rings. The van der Waals surface area contributed by atoms with E-state index in [4.69, 9.17) is 10.8 Å². The van der Waals surface area contributed by atoms with Crippen LogP contribution >= 0.6 is 0 Å². The number of carboxylic acids is 1. The van der Waals surface area contributed by atoms with Crippen molar-refractivity contribution in [3.05, 3.63) is 23.3 Å². The fraction of sp³-hybridized carbons (Fsp3) is 0. The molecule has 3 N–H and O–H groups in total. The largest absolute Gasteiger partial charge is 0.618 e. The lowest BCUT2D eigenvalue weighted by molar-refractivity contribution is -0.608. The second kappa shape index (κ2) is 2.41. The molecule has 0 unspecified atom stereocenters. The van der Waals surface area contributed by atoms with Gasteiger partial charge in [-0.3, -0.25) is 0 Å². The average Bonchev–Trinajstić information content (AvgIpc) is 1.85. The van der Waals surface area contributed by atoms with Crippen LogP contribution in [0.4, 0.5) is 5.82 Å². The third kappa shape index (κ3) is 1.18. The van der Waals surface area contributed by atoms with Gasteiger partial charge in [0.2, 0.25) is 5.82 Å². The van der Waals surface area contributed by atoms with Gasteiger partial charge in [0, 0.05) is 0 Å². The first-order valence-corrected chi connectivity index (χ1v) is 2.70. The van der Waals surface area contributed by atoms with Gasteiger partial charge < -0.3 is 16.0 Å². The summed E-state index contributed by atoms with van der Waals surface area (Å²) in [5, 5.41) is 19.1. The molecule has 6 nitrogen and oxygen atoms in total. The Morgan fingerprint density at radius 2 is 2.45 bits per heavy atom. The maximum Gasteiger partial charge on any atom is 0.406 e. The minimum absolute atomic E-state index is 0.157. The quantitative estimate of drug-likeness (QED) is 0.399. The van der Waals surface area contributed by atoms with Crippen LogP contribution in [0.25, 0.3) is 0 Å². The van der Waals surface area contributed by atoms with Crippen molar-refractivity contribution in [1.82, 2.24) is 4.98 Å². The molecule has 0 radical (unpaired) electrons. The van der Waals surface area contributed by atoms with Crippen molar-refractivity contribution in [2.75, 3.05) is 5.73 Å². The molecule has 0 aromatic carbocycles. The molecule has 11 heavy (non-hydrogen) atoms. The maximum atomic E-state index is 10.7. The van der Waals surface area contributed by atoms with Crippen LogP contribution in [-0.2, 0) is 0 Å². The van der Waals surface area contributed by atoms with Gasteiger partial charge in [-0.1, -0.05) is 0 Å². The number of rotatable bonds is 1. The van der Waals surface area contributed by atoms with Gasteiger partial charge in [-0.25, -0.2) is 9.78 Å². The molecule has 1 rings (SSSR count). The standard InChI is InChI=1S/C5H5N3O3/c6-4-3(5(9)10)8(11)2-1-7-4/h1-2H,(H2,6,7)(H,9,10). The van der Waals surface area contributed by atoms with Crippen molar-refractivity contribution in [2.45, 2.75) is 0 Å². The van der Waals surface area contributed by atoms with E-state index in [0.717, 1.165) is 12.4 Å². The molecule has 58 valence electrons. The van der Waals surface area contributed by atoms with Crippen molar-refractivity contribution in [1.29, 1.82) is 0 Å². The van der Waals surface area contributed by atoms with Gasteiger partial charge in [-0.2, -0.15) is 4.73 Å². The van der Waals surface area contributed by atoms with Gasteiger partial charge in [0.1, 0.15) is 0 Å². The predicted molar refractivity (Wildman–Crippen MR) is 34.6 cm³/mol. The fourth-order valence-corrected chi connectivity index (χ4v) is 0.627. The Labute approximate surface area is 61.5 Å². The number of hydrogen-bond donors (Lipinski definition) is 2. The fourth-order valence-electron chi connectivity index (χ4n) is 0.627. The summed E-state index contributed by atoms with van der Waals surface area (Å²) in [5.74, 6) is -1.67. The molecule has 0 bridgehead atoms. The Bertz CT molecular complexity index is 279. The zero-order valence-corrected chi connectivity index (χ0v) is 5.39. The molecule has 1 aromatic rings. The number of aromatic carboxylic acids is 1. The van der Waals surface area contributed by atoms with E-state index in [1.165, 1.54) is 0 Å². The number of carbonyl (C=O) groups is 1. The number of anilines is 1. The number of carboxylic acid groups (broad SMARTS) is 1. The van der Waals surface area contributed by atoms with E-state index >= 15 is 0 Å². The molecule has 0 saturated carbocycles. The monoisotopic (exact) mass is 155 g/mol. The van der Waals surface area contributed by atoms with Gasteiger partial charge in [-0.05, 0) is 0 Å². The van der Waals surface area contributed by atoms with Crippen LogP contribution in [0.5, 0.6) is 0 Å². The van der Waals surface area contributed by atoms with Crippen LogP contribution in [0.3, 0.4) is 0 Å². The Hall–Kier alpha value is -1.85. The zero-order chi connectivity index (χ0) is 8.43. The summed E-state index contributed by atoms with van der Waals surface area (Å²) in [6, 6.07) is 0. The SMILES string of the molecule is Nc1ncc[n+]([O-])c1C(=O)O. The first kappa shape index (κ1) is 7.26. The van der Waals surface area contributed by atoms with Crippen molar-refractivity contribution in [2.24, 2.45) is 0 Å². The minimum Gasteiger partial charge on any atom is -0.618 e. The zero-order valence-electron chi connectivity index (χ0n) is 5.39. The Kier molecular flexibility index (Phi) is 1.59. The number of aromatic nitrogens is 2. The smallest absolute Gasteiger partial charge is 0.406 e. The lowest BCUT2D eigenvalue weighted by Crippen LogP contribution is -2.35. The van der Waals surface area contributed by atoms with Gasteiger partial charge in [-0.15, -0.1) is 0 Å². The summed E-state index contributed by atoms with van der Waals surface area (Å²) < 4.78 is 0.157. The Morgan fingerprint density at radius 3 is 2.82 bits per heavy atom. The van der Waals surface area contributed by atoms with Crippen molar-refractivity contribution < 1.29 is 14.6 Å². The molecule has 0 aliphatic rings. The van der Waals surface area contributed by atoms with Crippen LogP contribution in [-0.4, -0.2) is 16.1 Å². The molecule has 0 atom stereocenters. The van der Waals surface area contributed by atoms with E-state index in [9.17, 15) is 10.0 Å². The normalized spacial score (nSPS) is 9.45. The summed E-state index contributed by atoms with van der Waals surface area (Å²) in [4.78, 5) is 13.7. The summed E-state index contributed by atoms with van der Waals surface area (Å²) in [5.41, 5.74) is 4.56. The summed E-state index contributed by atoms with van der Waals surface area (Å²) in [6.07, 6.45) is 2.11. The van der Waals surface area contributed by atoms with E-state index in [1.807, 2.05) is 0 Å². The maximum absolute atomic E-state index is 10.7. The van der Waals surface area contributed by atoms with Crippen molar-refractivity contribution in [3.8, 4) is 0 Å². The first-order chi connectivity index (χ1) is 5.13. The van der Waals surface area contributed by atoms with Crippen molar-refractivity contribution in [3.63, 3.8) is 0 Å². The summed E-state index contributed by atoms with van der Waals surface area (Å²) in [6.45, 7) is 0. The Morgan fingerprint density at radius 1 is 1.82 bits per heavy atom. The molecule has 1 heterocycles. The van der Waals surface area contributed by atoms with Crippen molar-refractivity contribution >= 4 is 11.8 Å². The van der Waals surface area contributed by atoms with Crippen LogP contribution in [0.2, 0.25) is 0 Å². The molecule has 0 aliphatic carbocycles. The molecule has 0 saturated heterocycles. The average molecular weight is 155 g/mol. The molecule has 1 aromatic heterocycles. The lowest BCUT2D eigenvalue weighted by atomic mass is 10.4. The molecule has 0 amide bonds. The highest BCUT2D eigenvalue weighted by molar-refractivity contribution is 5.88. The number of nitrogens with two attached hydrogens (primary N) is 1. The predicted octanol–water partition coefficient (Wildman–Crippen LogP) is -1.00. The highest BCUT2D eigenvalue weighted by atomic mass is 16.5. The second-order valence-electron chi connectivity index (χ2n) is 1.79. The van der Waals surface area contributed by atoms with Crippen LogP contribution in [0.1, 0.15) is 10.5 Å². The van der Waals surface area contributed by atoms with E-state index in [-0.39, 0.29) is 10.5 Å². The molecule has 0 spiro atoms. The van der Waals surface area contributed by atoms with E-state index in [1.54, 1.807) is 0 Å². The Balaban J connectivity index is 3.32. The van der Waals surface area contributed by atoms with E-state index in [0.29, 0.717) is 0 Å².